The number of rotatable bonds is 6. The van der Waals surface area contributed by atoms with Crippen LogP contribution in [0.4, 0.5) is 11.4 Å². The lowest BCUT2D eigenvalue weighted by atomic mass is 10.2. The number of hydrogen-bond acceptors (Lipinski definition) is 8. The van der Waals surface area contributed by atoms with Gasteiger partial charge in [0, 0.05) is 37.8 Å². The maximum atomic E-state index is 12.7. The fraction of sp³-hybridized carbons (Fsp3) is 0.316. The standard InChI is InChI=1S/C19H20N6O5S/c1-10(2)15-21-16-14(18(27)24(4)19(28)23(16)3)17(22-15)31-9-13(26)20-11-5-7-12(8-6-11)25(29)30/h5-8,10H,9H2,1-4H3,(H,20,26). The average Bonchev–Trinajstić information content (AvgIpc) is 2.74. The fourth-order valence-corrected chi connectivity index (χ4v) is 3.63. The van der Waals surface area contributed by atoms with Gasteiger partial charge < -0.3 is 5.32 Å². The molecule has 11 nitrogen and oxygen atoms in total. The number of carbonyl (C=O) groups excluding carboxylic acids is 1. The third-order valence-electron chi connectivity index (χ3n) is 4.50. The highest BCUT2D eigenvalue weighted by atomic mass is 32.2. The van der Waals surface area contributed by atoms with E-state index in [0.29, 0.717) is 16.5 Å². The van der Waals surface area contributed by atoms with Crippen LogP contribution >= 0.6 is 11.8 Å². The van der Waals surface area contributed by atoms with E-state index in [0.717, 1.165) is 16.3 Å². The Labute approximate surface area is 180 Å². The summed E-state index contributed by atoms with van der Waals surface area (Å²) >= 11 is 1.05. The van der Waals surface area contributed by atoms with E-state index in [-0.39, 0.29) is 34.3 Å². The van der Waals surface area contributed by atoms with Crippen molar-refractivity contribution in [3.05, 3.63) is 61.0 Å². The summed E-state index contributed by atoms with van der Waals surface area (Å²) in [6, 6.07) is 5.45. The third-order valence-corrected chi connectivity index (χ3v) is 5.48. The average molecular weight is 444 g/mol. The highest BCUT2D eigenvalue weighted by Crippen LogP contribution is 2.25. The molecule has 12 heteroatoms. The summed E-state index contributed by atoms with van der Waals surface area (Å²) in [5, 5.41) is 13.9. The number of aromatic nitrogens is 4. The predicted octanol–water partition coefficient (Wildman–Crippen LogP) is 1.79. The van der Waals surface area contributed by atoms with Crippen LogP contribution in [0, 0.1) is 10.1 Å². The minimum atomic E-state index is -0.535. The lowest BCUT2D eigenvalue weighted by molar-refractivity contribution is -0.384. The molecule has 1 amide bonds. The van der Waals surface area contributed by atoms with Gasteiger partial charge >= 0.3 is 5.69 Å². The molecule has 1 N–H and O–H groups in total. The molecule has 2 aromatic heterocycles. The van der Waals surface area contributed by atoms with E-state index in [1.165, 1.54) is 42.9 Å². The molecule has 0 aliphatic heterocycles. The summed E-state index contributed by atoms with van der Waals surface area (Å²) < 4.78 is 2.26. The molecular weight excluding hydrogens is 424 g/mol. The molecule has 0 saturated carbocycles. The van der Waals surface area contributed by atoms with Crippen LogP contribution in [0.25, 0.3) is 11.0 Å². The van der Waals surface area contributed by atoms with Crippen molar-refractivity contribution in [2.45, 2.75) is 24.8 Å². The van der Waals surface area contributed by atoms with Crippen LogP contribution in [-0.4, -0.2) is 35.7 Å². The van der Waals surface area contributed by atoms with Crippen molar-refractivity contribution in [1.29, 1.82) is 0 Å². The van der Waals surface area contributed by atoms with Crippen LogP contribution in [0.2, 0.25) is 0 Å². The third kappa shape index (κ3) is 4.48. The van der Waals surface area contributed by atoms with Crippen molar-refractivity contribution in [2.75, 3.05) is 11.1 Å². The molecule has 0 saturated heterocycles. The van der Waals surface area contributed by atoms with Gasteiger partial charge in [0.05, 0.1) is 10.7 Å². The van der Waals surface area contributed by atoms with E-state index in [9.17, 15) is 24.5 Å². The molecule has 1 aromatic carbocycles. The maximum absolute atomic E-state index is 12.7. The Morgan fingerprint density at radius 1 is 1.16 bits per heavy atom. The Morgan fingerprint density at radius 2 is 1.81 bits per heavy atom. The summed E-state index contributed by atoms with van der Waals surface area (Å²) in [6.45, 7) is 3.77. The summed E-state index contributed by atoms with van der Waals surface area (Å²) in [6.07, 6.45) is 0. The monoisotopic (exact) mass is 444 g/mol. The van der Waals surface area contributed by atoms with Crippen molar-refractivity contribution in [1.82, 2.24) is 19.1 Å². The summed E-state index contributed by atoms with van der Waals surface area (Å²) in [5.41, 5.74) is -0.498. The van der Waals surface area contributed by atoms with Crippen molar-refractivity contribution in [3.8, 4) is 0 Å². The number of carbonyl (C=O) groups is 1. The Hall–Kier alpha value is -3.54. The first kappa shape index (κ1) is 22.2. The highest BCUT2D eigenvalue weighted by molar-refractivity contribution is 8.00. The van der Waals surface area contributed by atoms with Gasteiger partial charge in [-0.3, -0.25) is 28.8 Å². The zero-order chi connectivity index (χ0) is 22.9. The SMILES string of the molecule is CC(C)c1nc(SCC(=O)Nc2ccc([N+](=O)[O-])cc2)c2c(=O)n(C)c(=O)n(C)c2n1. The molecule has 0 atom stereocenters. The first-order valence-corrected chi connectivity index (χ1v) is 10.2. The largest absolute Gasteiger partial charge is 0.332 e. The van der Waals surface area contributed by atoms with Gasteiger partial charge in [0.25, 0.3) is 11.2 Å². The van der Waals surface area contributed by atoms with Crippen molar-refractivity contribution in [2.24, 2.45) is 14.1 Å². The van der Waals surface area contributed by atoms with Gasteiger partial charge in [-0.2, -0.15) is 0 Å². The minimum Gasteiger partial charge on any atom is -0.325 e. The zero-order valence-corrected chi connectivity index (χ0v) is 18.1. The number of nitrogens with one attached hydrogen (secondary N) is 1. The number of nitrogens with zero attached hydrogens (tertiary/aromatic N) is 5. The molecule has 0 aliphatic rings. The first-order valence-electron chi connectivity index (χ1n) is 9.25. The molecule has 2 heterocycles. The number of hydrogen-bond donors (Lipinski definition) is 1. The molecule has 0 radical (unpaired) electrons. The number of amides is 1. The Balaban J connectivity index is 1.91. The predicted molar refractivity (Wildman–Crippen MR) is 117 cm³/mol. The number of anilines is 1. The van der Waals surface area contributed by atoms with Gasteiger partial charge in [-0.05, 0) is 12.1 Å². The molecule has 0 spiro atoms. The second-order valence-corrected chi connectivity index (χ2v) is 8.05. The first-order chi connectivity index (χ1) is 14.6. The van der Waals surface area contributed by atoms with Crippen LogP contribution < -0.4 is 16.6 Å². The molecule has 31 heavy (non-hydrogen) atoms. The zero-order valence-electron chi connectivity index (χ0n) is 17.3. The quantitative estimate of drug-likeness (QED) is 0.262. The van der Waals surface area contributed by atoms with E-state index in [1.807, 2.05) is 13.8 Å². The van der Waals surface area contributed by atoms with Crippen LogP contribution in [0.15, 0.2) is 38.9 Å². The molecule has 0 unspecified atom stereocenters. The van der Waals surface area contributed by atoms with Crippen LogP contribution in [-0.2, 0) is 18.9 Å². The molecule has 0 aliphatic carbocycles. The van der Waals surface area contributed by atoms with Gasteiger partial charge in [-0.25, -0.2) is 14.8 Å². The Morgan fingerprint density at radius 3 is 2.39 bits per heavy atom. The number of aryl methyl sites for hydroxylation is 1. The molecule has 162 valence electrons. The second-order valence-electron chi connectivity index (χ2n) is 7.09. The van der Waals surface area contributed by atoms with Crippen molar-refractivity contribution >= 4 is 40.1 Å². The molecule has 3 aromatic rings. The number of benzene rings is 1. The smallest absolute Gasteiger partial charge is 0.325 e. The number of fused-ring (bicyclic) bond motifs is 1. The van der Waals surface area contributed by atoms with E-state index >= 15 is 0 Å². The lowest BCUT2D eigenvalue weighted by Gasteiger charge is -2.13. The van der Waals surface area contributed by atoms with Gasteiger partial charge in [0.15, 0.2) is 5.65 Å². The maximum Gasteiger partial charge on any atom is 0.332 e. The molecule has 0 fully saturated rings. The van der Waals surface area contributed by atoms with Gasteiger partial charge in [0.2, 0.25) is 5.91 Å². The van der Waals surface area contributed by atoms with E-state index < -0.39 is 16.2 Å². The molecule has 3 rings (SSSR count). The van der Waals surface area contributed by atoms with Crippen molar-refractivity contribution < 1.29 is 9.72 Å². The number of nitro groups is 1. The number of nitro benzene ring substituents is 1. The minimum absolute atomic E-state index is 0.0585. The molecular formula is C19H20N6O5S. The fourth-order valence-electron chi connectivity index (χ4n) is 2.81. The second kappa shape index (κ2) is 8.68. The van der Waals surface area contributed by atoms with E-state index in [1.54, 1.807) is 0 Å². The van der Waals surface area contributed by atoms with Crippen LogP contribution in [0.1, 0.15) is 25.6 Å². The van der Waals surface area contributed by atoms with E-state index in [4.69, 9.17) is 0 Å². The topological polar surface area (TPSA) is 142 Å². The summed E-state index contributed by atoms with van der Waals surface area (Å²) in [4.78, 5) is 56.4. The lowest BCUT2D eigenvalue weighted by Crippen LogP contribution is -2.38. The summed E-state index contributed by atoms with van der Waals surface area (Å²) in [7, 11) is 2.90. The van der Waals surface area contributed by atoms with Gasteiger partial charge in [-0.15, -0.1) is 0 Å². The van der Waals surface area contributed by atoms with Crippen molar-refractivity contribution in [3.63, 3.8) is 0 Å². The van der Waals surface area contributed by atoms with Gasteiger partial charge in [0.1, 0.15) is 16.2 Å². The summed E-state index contributed by atoms with van der Waals surface area (Å²) in [5.74, 6) is -0.0451. The van der Waals surface area contributed by atoms with Crippen LogP contribution in [0.5, 0.6) is 0 Å². The Bertz CT molecular complexity index is 1300. The number of non-ortho nitro benzene ring substituents is 1. The highest BCUT2D eigenvalue weighted by Gasteiger charge is 2.19. The molecule has 0 bridgehead atoms. The van der Waals surface area contributed by atoms with E-state index in [2.05, 4.69) is 15.3 Å². The normalized spacial score (nSPS) is 11.1. The number of thioether (sulfide) groups is 1. The van der Waals surface area contributed by atoms with Crippen LogP contribution in [0.3, 0.4) is 0 Å². The van der Waals surface area contributed by atoms with Gasteiger partial charge in [-0.1, -0.05) is 25.6 Å². The Kier molecular flexibility index (Phi) is 6.20.